The molecule has 2 aromatic rings. The Morgan fingerprint density at radius 2 is 2.06 bits per heavy atom. The number of nitrogens with zero attached hydrogens (tertiary/aromatic N) is 4. The second kappa shape index (κ2) is 8.75. The van der Waals surface area contributed by atoms with Crippen LogP contribution in [0.2, 0.25) is 5.02 Å². The molecule has 0 saturated carbocycles. The molecule has 174 valence electrons. The maximum atomic E-state index is 12.7. The zero-order valence-electron chi connectivity index (χ0n) is 17.5. The van der Waals surface area contributed by atoms with Gasteiger partial charge in [0.2, 0.25) is 5.95 Å². The Labute approximate surface area is 190 Å². The van der Waals surface area contributed by atoms with Crippen LogP contribution in [0, 0.1) is 5.92 Å². The van der Waals surface area contributed by atoms with Gasteiger partial charge < -0.3 is 24.8 Å². The normalized spacial score (nSPS) is 29.9. The molecule has 0 bridgehead atoms. The van der Waals surface area contributed by atoms with Crippen LogP contribution in [0.15, 0.2) is 18.6 Å². The number of halogens is 1. The summed E-state index contributed by atoms with van der Waals surface area (Å²) in [5.41, 5.74) is 0.751. The summed E-state index contributed by atoms with van der Waals surface area (Å²) in [6.45, 7) is 1.48. The van der Waals surface area contributed by atoms with Crippen molar-refractivity contribution in [2.24, 2.45) is 13.0 Å². The summed E-state index contributed by atoms with van der Waals surface area (Å²) in [6.07, 6.45) is 4.96. The van der Waals surface area contributed by atoms with Crippen molar-refractivity contribution < 1.29 is 22.6 Å². The van der Waals surface area contributed by atoms with Crippen LogP contribution in [0.25, 0.3) is 0 Å². The van der Waals surface area contributed by atoms with E-state index in [-0.39, 0.29) is 36.5 Å². The van der Waals surface area contributed by atoms with E-state index < -0.39 is 15.1 Å². The van der Waals surface area contributed by atoms with Crippen molar-refractivity contribution in [1.29, 1.82) is 0 Å². The number of hydrogen-bond acceptors (Lipinski definition) is 10. The van der Waals surface area contributed by atoms with E-state index >= 15 is 0 Å². The maximum absolute atomic E-state index is 12.7. The zero-order chi connectivity index (χ0) is 22.3. The third-order valence-corrected chi connectivity index (χ3v) is 8.58. The standard InChI is InChI=1S/C19H25ClN6O5S/c1-26-6-12(4-22-26)23-19-21-5-14(20)18(25-19)24-15-9-31-16-11(7-30-17(15)16)10-32(27,28)13-2-3-29-8-13/h4-6,11,13,15-17H,2-3,7-10H2,1H3,(H2,21,23,24,25)/t11-,13?,15-,16?,17?/m1/s1. The fourth-order valence-corrected chi connectivity index (χ4v) is 6.45. The minimum atomic E-state index is -3.26. The topological polar surface area (TPSA) is 129 Å². The summed E-state index contributed by atoms with van der Waals surface area (Å²) in [7, 11) is -1.44. The van der Waals surface area contributed by atoms with Gasteiger partial charge in [-0.1, -0.05) is 11.6 Å². The molecule has 2 aromatic heterocycles. The van der Waals surface area contributed by atoms with Gasteiger partial charge >= 0.3 is 0 Å². The Hall–Kier alpha value is -1.99. The molecular formula is C19H25ClN6O5S. The highest BCUT2D eigenvalue weighted by Crippen LogP contribution is 2.35. The second-order valence-electron chi connectivity index (χ2n) is 8.34. The lowest BCUT2D eigenvalue weighted by Crippen LogP contribution is -2.37. The zero-order valence-corrected chi connectivity index (χ0v) is 19.1. The van der Waals surface area contributed by atoms with Gasteiger partial charge in [0.1, 0.15) is 11.1 Å². The molecule has 13 heteroatoms. The van der Waals surface area contributed by atoms with Gasteiger partial charge in [0.05, 0.1) is 61.1 Å². The van der Waals surface area contributed by atoms with Crippen molar-refractivity contribution in [3.05, 3.63) is 23.6 Å². The van der Waals surface area contributed by atoms with Crippen molar-refractivity contribution >= 4 is 38.9 Å². The molecule has 3 unspecified atom stereocenters. The molecule has 11 nitrogen and oxygen atoms in total. The van der Waals surface area contributed by atoms with Crippen molar-refractivity contribution in [1.82, 2.24) is 19.7 Å². The van der Waals surface area contributed by atoms with E-state index in [0.29, 0.717) is 43.0 Å². The third kappa shape index (κ3) is 4.42. The fourth-order valence-electron chi connectivity index (χ4n) is 4.39. The van der Waals surface area contributed by atoms with Crippen LogP contribution in [0.1, 0.15) is 6.42 Å². The Morgan fingerprint density at radius 3 is 2.81 bits per heavy atom. The first-order valence-corrected chi connectivity index (χ1v) is 12.6. The lowest BCUT2D eigenvalue weighted by atomic mass is 10.0. The predicted octanol–water partition coefficient (Wildman–Crippen LogP) is 1.01. The van der Waals surface area contributed by atoms with Crippen molar-refractivity contribution in [2.75, 3.05) is 42.8 Å². The van der Waals surface area contributed by atoms with Gasteiger partial charge in [-0.2, -0.15) is 10.1 Å². The number of aryl methyl sites for hydroxylation is 1. The van der Waals surface area contributed by atoms with Gasteiger partial charge in [0, 0.05) is 25.8 Å². The predicted molar refractivity (Wildman–Crippen MR) is 117 cm³/mol. The lowest BCUT2D eigenvalue weighted by molar-refractivity contribution is 0.0656. The fraction of sp³-hybridized carbons (Fsp3) is 0.632. The Bertz CT molecular complexity index is 1080. The molecule has 5 rings (SSSR count). The molecular weight excluding hydrogens is 460 g/mol. The van der Waals surface area contributed by atoms with Crippen LogP contribution in [0.3, 0.4) is 0 Å². The Kier molecular flexibility index (Phi) is 5.97. The van der Waals surface area contributed by atoms with Crippen LogP contribution in [0.5, 0.6) is 0 Å². The smallest absolute Gasteiger partial charge is 0.229 e. The van der Waals surface area contributed by atoms with Gasteiger partial charge in [-0.05, 0) is 6.42 Å². The van der Waals surface area contributed by atoms with Crippen molar-refractivity contribution in [3.63, 3.8) is 0 Å². The van der Waals surface area contributed by atoms with E-state index in [2.05, 4.69) is 25.7 Å². The number of sulfone groups is 1. The monoisotopic (exact) mass is 484 g/mol. The number of aromatic nitrogens is 4. The summed E-state index contributed by atoms with van der Waals surface area (Å²) < 4.78 is 44.3. The molecule has 0 aromatic carbocycles. The minimum absolute atomic E-state index is 0.0440. The number of rotatable bonds is 7. The average Bonchev–Trinajstić information content (AvgIpc) is 3.53. The van der Waals surface area contributed by atoms with E-state index in [1.807, 2.05) is 7.05 Å². The molecule has 32 heavy (non-hydrogen) atoms. The number of ether oxygens (including phenoxy) is 3. The number of hydrogen-bond donors (Lipinski definition) is 2. The lowest BCUT2D eigenvalue weighted by Gasteiger charge is -2.19. The number of anilines is 3. The molecule has 0 aliphatic carbocycles. The molecule has 5 atom stereocenters. The minimum Gasteiger partial charge on any atom is -0.380 e. The Morgan fingerprint density at radius 1 is 1.22 bits per heavy atom. The molecule has 3 saturated heterocycles. The van der Waals surface area contributed by atoms with E-state index in [9.17, 15) is 8.42 Å². The SMILES string of the molecule is Cn1cc(Nc2ncc(Cl)c(N[C@@H]3COC4C3OC[C@@H]4CS(=O)(=O)C3CCOC3)n2)cn1. The highest BCUT2D eigenvalue weighted by molar-refractivity contribution is 7.92. The molecule has 0 radical (unpaired) electrons. The summed E-state index contributed by atoms with van der Waals surface area (Å²) >= 11 is 6.31. The Balaban J connectivity index is 1.24. The largest absolute Gasteiger partial charge is 0.380 e. The van der Waals surface area contributed by atoms with Crippen LogP contribution in [0.4, 0.5) is 17.5 Å². The highest BCUT2D eigenvalue weighted by Gasteiger charge is 2.49. The maximum Gasteiger partial charge on any atom is 0.229 e. The number of fused-ring (bicyclic) bond motifs is 1. The van der Waals surface area contributed by atoms with E-state index in [0.717, 1.165) is 5.69 Å². The van der Waals surface area contributed by atoms with Gasteiger partial charge in [0.25, 0.3) is 0 Å². The third-order valence-electron chi connectivity index (χ3n) is 6.03. The highest BCUT2D eigenvalue weighted by atomic mass is 35.5. The van der Waals surface area contributed by atoms with E-state index in [1.54, 1.807) is 17.1 Å². The molecule has 0 amide bonds. The first-order chi connectivity index (χ1) is 15.4. The van der Waals surface area contributed by atoms with Gasteiger partial charge in [-0.25, -0.2) is 13.4 Å². The molecule has 5 heterocycles. The molecule has 0 spiro atoms. The summed E-state index contributed by atoms with van der Waals surface area (Å²) in [6, 6.07) is -0.207. The average molecular weight is 485 g/mol. The first kappa shape index (κ1) is 21.8. The van der Waals surface area contributed by atoms with Crippen LogP contribution in [-0.4, -0.2) is 83.8 Å². The molecule has 3 aliphatic rings. The molecule has 2 N–H and O–H groups in total. The van der Waals surface area contributed by atoms with Crippen molar-refractivity contribution in [3.8, 4) is 0 Å². The molecule has 3 fully saturated rings. The summed E-state index contributed by atoms with van der Waals surface area (Å²) in [4.78, 5) is 8.67. The van der Waals surface area contributed by atoms with Crippen LogP contribution < -0.4 is 10.6 Å². The first-order valence-electron chi connectivity index (χ1n) is 10.5. The number of nitrogens with one attached hydrogen (secondary N) is 2. The van der Waals surface area contributed by atoms with Crippen LogP contribution >= 0.6 is 11.6 Å². The summed E-state index contributed by atoms with van der Waals surface area (Å²) in [5, 5.41) is 10.4. The van der Waals surface area contributed by atoms with Crippen LogP contribution in [-0.2, 0) is 31.1 Å². The second-order valence-corrected chi connectivity index (χ2v) is 11.1. The van der Waals surface area contributed by atoms with Gasteiger partial charge in [-0.3, -0.25) is 4.68 Å². The van der Waals surface area contributed by atoms with E-state index in [1.165, 1.54) is 6.20 Å². The van der Waals surface area contributed by atoms with E-state index in [4.69, 9.17) is 25.8 Å². The summed E-state index contributed by atoms with van der Waals surface area (Å²) in [5.74, 6) is 0.657. The van der Waals surface area contributed by atoms with Crippen molar-refractivity contribution in [2.45, 2.75) is 29.9 Å². The van der Waals surface area contributed by atoms with Gasteiger partial charge in [0.15, 0.2) is 15.7 Å². The molecule has 3 aliphatic heterocycles. The van der Waals surface area contributed by atoms with Gasteiger partial charge in [-0.15, -0.1) is 0 Å². The quantitative estimate of drug-likeness (QED) is 0.587.